The van der Waals surface area contributed by atoms with Crippen LogP contribution in [0.3, 0.4) is 0 Å². The Balaban J connectivity index is 1.92. The van der Waals surface area contributed by atoms with E-state index in [0.29, 0.717) is 12.5 Å². The predicted molar refractivity (Wildman–Crippen MR) is 118 cm³/mol. The monoisotopic (exact) mass is 389 g/mol. The van der Waals surface area contributed by atoms with Crippen LogP contribution in [-0.4, -0.2) is 25.2 Å². The molecule has 3 nitrogen and oxygen atoms in total. The lowest BCUT2D eigenvalue weighted by Gasteiger charge is -2.22. The van der Waals surface area contributed by atoms with Gasteiger partial charge in [-0.25, -0.2) is 4.99 Å². The second-order valence-corrected chi connectivity index (χ2v) is 9.59. The number of hydrogen-bond acceptors (Lipinski definition) is 3. The van der Waals surface area contributed by atoms with Crippen LogP contribution in [0.15, 0.2) is 83.9 Å². The van der Waals surface area contributed by atoms with Gasteiger partial charge in [-0.1, -0.05) is 60.7 Å². The molecule has 0 aliphatic carbocycles. The second-order valence-electron chi connectivity index (χ2n) is 7.41. The van der Waals surface area contributed by atoms with E-state index < -0.39 is 7.92 Å². The molecule has 28 heavy (non-hydrogen) atoms. The molecule has 3 aromatic rings. The minimum absolute atomic E-state index is 0.210. The summed E-state index contributed by atoms with van der Waals surface area (Å²) in [7, 11) is 0.944. The van der Waals surface area contributed by atoms with Gasteiger partial charge in [0.2, 0.25) is 5.90 Å². The Labute approximate surface area is 167 Å². The molecule has 0 saturated carbocycles. The van der Waals surface area contributed by atoms with Gasteiger partial charge in [0, 0.05) is 5.56 Å². The van der Waals surface area contributed by atoms with Crippen LogP contribution in [0, 0.1) is 0 Å². The minimum atomic E-state index is -0.748. The molecular formula is C24H24NO2P. The van der Waals surface area contributed by atoms with Gasteiger partial charge >= 0.3 is 0 Å². The number of benzene rings is 3. The SMILES string of the molecule is COc1ccc(P(c2ccccc2)c2ccccc2)c(C2=NC(C)(C)CO2)c1. The molecule has 0 aromatic heterocycles. The molecule has 1 heterocycles. The van der Waals surface area contributed by atoms with Crippen molar-refractivity contribution in [3.05, 3.63) is 84.4 Å². The molecule has 0 saturated heterocycles. The largest absolute Gasteiger partial charge is 0.497 e. The first-order chi connectivity index (χ1) is 13.6. The summed E-state index contributed by atoms with van der Waals surface area (Å²) in [6.07, 6.45) is 0. The zero-order valence-electron chi connectivity index (χ0n) is 16.4. The number of rotatable bonds is 5. The van der Waals surface area contributed by atoms with Crippen LogP contribution in [0.4, 0.5) is 0 Å². The van der Waals surface area contributed by atoms with Crippen LogP contribution in [0.25, 0.3) is 0 Å². The molecule has 0 fully saturated rings. The zero-order chi connectivity index (χ0) is 19.6. The summed E-state index contributed by atoms with van der Waals surface area (Å²) in [5.74, 6) is 1.52. The Morgan fingerprint density at radius 2 is 1.50 bits per heavy atom. The van der Waals surface area contributed by atoms with Crippen molar-refractivity contribution < 1.29 is 9.47 Å². The van der Waals surface area contributed by atoms with Crippen molar-refractivity contribution in [1.29, 1.82) is 0 Å². The standard InChI is InChI=1S/C24H24NO2P/c1-24(2)17-27-23(25-24)21-16-18(26-3)14-15-22(21)28(19-10-6-4-7-11-19)20-12-8-5-9-13-20/h4-16H,17H2,1-3H3. The van der Waals surface area contributed by atoms with Gasteiger partial charge in [-0.15, -0.1) is 0 Å². The van der Waals surface area contributed by atoms with Gasteiger partial charge in [-0.05, 0) is 55.9 Å². The van der Waals surface area contributed by atoms with Crippen LogP contribution in [-0.2, 0) is 4.74 Å². The van der Waals surface area contributed by atoms with Gasteiger partial charge in [0.15, 0.2) is 0 Å². The molecular weight excluding hydrogens is 365 g/mol. The summed E-state index contributed by atoms with van der Waals surface area (Å²) in [6, 6.07) is 27.6. The normalized spacial score (nSPS) is 15.2. The maximum absolute atomic E-state index is 6.02. The van der Waals surface area contributed by atoms with E-state index in [0.717, 1.165) is 11.3 Å². The third kappa shape index (κ3) is 3.81. The van der Waals surface area contributed by atoms with Crippen LogP contribution in [0.2, 0.25) is 0 Å². The minimum Gasteiger partial charge on any atom is -0.497 e. The molecule has 0 N–H and O–H groups in total. The first-order valence-corrected chi connectivity index (χ1v) is 10.7. The first-order valence-electron chi connectivity index (χ1n) is 9.39. The molecule has 0 amide bonds. The van der Waals surface area contributed by atoms with Gasteiger partial charge in [0.1, 0.15) is 12.4 Å². The Bertz CT molecular complexity index is 945. The van der Waals surface area contributed by atoms with Crippen molar-refractivity contribution in [1.82, 2.24) is 0 Å². The Morgan fingerprint density at radius 3 is 2.00 bits per heavy atom. The Hall–Kier alpha value is -2.64. The first kappa shape index (κ1) is 18.7. The fraction of sp³-hybridized carbons (Fsp3) is 0.208. The van der Waals surface area contributed by atoms with Crippen LogP contribution >= 0.6 is 7.92 Å². The molecule has 0 radical (unpaired) electrons. The fourth-order valence-corrected chi connectivity index (χ4v) is 5.73. The number of hydrogen-bond donors (Lipinski definition) is 0. The number of ether oxygens (including phenoxy) is 2. The summed E-state index contributed by atoms with van der Waals surface area (Å²) < 4.78 is 11.5. The van der Waals surface area contributed by atoms with E-state index in [-0.39, 0.29) is 5.54 Å². The topological polar surface area (TPSA) is 30.8 Å². The molecule has 4 heteroatoms. The highest BCUT2D eigenvalue weighted by Crippen LogP contribution is 2.36. The Morgan fingerprint density at radius 1 is 0.893 bits per heavy atom. The van der Waals surface area contributed by atoms with E-state index in [2.05, 4.69) is 86.6 Å². The maximum Gasteiger partial charge on any atom is 0.217 e. The number of methoxy groups -OCH3 is 1. The highest BCUT2D eigenvalue weighted by molar-refractivity contribution is 7.80. The Kier molecular flexibility index (Phi) is 5.19. The van der Waals surface area contributed by atoms with Crippen molar-refractivity contribution in [3.63, 3.8) is 0 Å². The average Bonchev–Trinajstić information content (AvgIpc) is 3.10. The van der Waals surface area contributed by atoms with Gasteiger partial charge in [-0.2, -0.15) is 0 Å². The number of nitrogens with zero attached hydrogens (tertiary/aromatic N) is 1. The summed E-state index contributed by atoms with van der Waals surface area (Å²) in [5, 5.41) is 3.82. The molecule has 0 bridgehead atoms. The smallest absolute Gasteiger partial charge is 0.217 e. The van der Waals surface area contributed by atoms with E-state index in [9.17, 15) is 0 Å². The van der Waals surface area contributed by atoms with Crippen molar-refractivity contribution in [2.24, 2.45) is 4.99 Å². The summed E-state index contributed by atoms with van der Waals surface area (Å²) in [5.41, 5.74) is 0.807. The van der Waals surface area contributed by atoms with Gasteiger partial charge in [0.05, 0.1) is 12.6 Å². The average molecular weight is 389 g/mol. The fourth-order valence-electron chi connectivity index (χ4n) is 3.31. The van der Waals surface area contributed by atoms with E-state index in [1.807, 2.05) is 6.07 Å². The molecule has 4 rings (SSSR count). The molecule has 0 atom stereocenters. The molecule has 1 aliphatic rings. The van der Waals surface area contributed by atoms with Gasteiger partial charge in [0.25, 0.3) is 0 Å². The summed E-state index contributed by atoms with van der Waals surface area (Å²) in [6.45, 7) is 4.78. The lowest BCUT2D eigenvalue weighted by molar-refractivity contribution is 0.279. The van der Waals surface area contributed by atoms with Crippen molar-refractivity contribution in [2.45, 2.75) is 19.4 Å². The quantitative estimate of drug-likeness (QED) is 0.618. The van der Waals surface area contributed by atoms with Gasteiger partial charge in [-0.3, -0.25) is 0 Å². The third-order valence-electron chi connectivity index (χ3n) is 4.67. The molecule has 3 aromatic carbocycles. The molecule has 1 aliphatic heterocycles. The van der Waals surface area contributed by atoms with Crippen LogP contribution in [0.5, 0.6) is 5.75 Å². The third-order valence-corrected chi connectivity index (χ3v) is 7.17. The van der Waals surface area contributed by atoms with Crippen molar-refractivity contribution in [3.8, 4) is 5.75 Å². The van der Waals surface area contributed by atoms with Crippen molar-refractivity contribution >= 4 is 29.7 Å². The second kappa shape index (κ2) is 7.77. The van der Waals surface area contributed by atoms with E-state index in [1.54, 1.807) is 7.11 Å². The van der Waals surface area contributed by atoms with Gasteiger partial charge < -0.3 is 9.47 Å². The van der Waals surface area contributed by atoms with E-state index in [4.69, 9.17) is 14.5 Å². The van der Waals surface area contributed by atoms with Crippen LogP contribution < -0.4 is 20.7 Å². The highest BCUT2D eigenvalue weighted by atomic mass is 31.1. The number of aliphatic imine (C=N–C) groups is 1. The lowest BCUT2D eigenvalue weighted by atomic mass is 10.1. The molecule has 142 valence electrons. The summed E-state index contributed by atoms with van der Waals surface area (Å²) >= 11 is 0. The van der Waals surface area contributed by atoms with Crippen LogP contribution in [0.1, 0.15) is 19.4 Å². The summed E-state index contributed by atoms with van der Waals surface area (Å²) in [4.78, 5) is 4.85. The zero-order valence-corrected chi connectivity index (χ0v) is 17.3. The van der Waals surface area contributed by atoms with Crippen molar-refractivity contribution in [2.75, 3.05) is 13.7 Å². The molecule has 0 spiro atoms. The van der Waals surface area contributed by atoms with E-state index in [1.165, 1.54) is 15.9 Å². The lowest BCUT2D eigenvalue weighted by Crippen LogP contribution is -2.25. The highest BCUT2D eigenvalue weighted by Gasteiger charge is 2.30. The molecule has 0 unspecified atom stereocenters. The van der Waals surface area contributed by atoms with E-state index >= 15 is 0 Å². The predicted octanol–water partition coefficient (Wildman–Crippen LogP) is 4.01. The maximum atomic E-state index is 6.02.